The van der Waals surface area contributed by atoms with Gasteiger partial charge in [-0.1, -0.05) is 42.1 Å². The minimum Gasteiger partial charge on any atom is -0.301 e. The summed E-state index contributed by atoms with van der Waals surface area (Å²) in [4.78, 5) is 26.6. The lowest BCUT2D eigenvalue weighted by Gasteiger charge is -2.06. The zero-order valence-electron chi connectivity index (χ0n) is 15.7. The van der Waals surface area contributed by atoms with Crippen LogP contribution in [0.2, 0.25) is 0 Å². The van der Waals surface area contributed by atoms with Crippen LogP contribution in [0.4, 0.5) is 0 Å². The standard InChI is InChI=1S/C25H19NO2S/c1-2-3-9-23(26)25(28)20-12-16-22(17-13-20)29-21-14-10-19(11-15-21)24(27)18-7-5-4-6-8-18/h1,4-8,10-17,26H,3,9H2. The first-order valence-corrected chi connectivity index (χ1v) is 9.93. The van der Waals surface area contributed by atoms with Crippen LogP contribution in [-0.2, 0) is 0 Å². The molecule has 0 unspecified atom stereocenters. The van der Waals surface area contributed by atoms with Gasteiger partial charge in [-0.25, -0.2) is 0 Å². The Morgan fingerprint density at radius 1 is 0.793 bits per heavy atom. The van der Waals surface area contributed by atoms with E-state index in [1.807, 2.05) is 54.6 Å². The van der Waals surface area contributed by atoms with E-state index in [1.165, 1.54) is 0 Å². The third kappa shape index (κ3) is 5.31. The van der Waals surface area contributed by atoms with E-state index in [0.717, 1.165) is 9.79 Å². The van der Waals surface area contributed by atoms with Gasteiger partial charge >= 0.3 is 0 Å². The Hall–Kier alpha value is -3.42. The van der Waals surface area contributed by atoms with Crippen molar-refractivity contribution in [3.05, 3.63) is 95.6 Å². The average molecular weight is 397 g/mol. The molecule has 142 valence electrons. The first-order valence-electron chi connectivity index (χ1n) is 9.12. The summed E-state index contributed by atoms with van der Waals surface area (Å²) >= 11 is 1.54. The lowest BCUT2D eigenvalue weighted by Crippen LogP contribution is -2.12. The number of benzene rings is 3. The highest BCUT2D eigenvalue weighted by Crippen LogP contribution is 2.28. The first kappa shape index (κ1) is 20.3. The molecule has 0 saturated carbocycles. The first-order chi connectivity index (χ1) is 14.1. The predicted molar refractivity (Wildman–Crippen MR) is 117 cm³/mol. The van der Waals surface area contributed by atoms with E-state index >= 15 is 0 Å². The van der Waals surface area contributed by atoms with Crippen molar-refractivity contribution < 1.29 is 9.59 Å². The van der Waals surface area contributed by atoms with Crippen LogP contribution in [0.25, 0.3) is 0 Å². The van der Waals surface area contributed by atoms with Crippen LogP contribution >= 0.6 is 11.8 Å². The van der Waals surface area contributed by atoms with Gasteiger partial charge in [0.15, 0.2) is 5.78 Å². The highest BCUT2D eigenvalue weighted by molar-refractivity contribution is 7.99. The van der Waals surface area contributed by atoms with Gasteiger partial charge in [-0.15, -0.1) is 12.3 Å². The van der Waals surface area contributed by atoms with Gasteiger partial charge in [0, 0.05) is 39.3 Å². The van der Waals surface area contributed by atoms with Crippen molar-refractivity contribution in [2.75, 3.05) is 0 Å². The summed E-state index contributed by atoms with van der Waals surface area (Å²) in [7, 11) is 0. The van der Waals surface area contributed by atoms with Gasteiger partial charge in [0.2, 0.25) is 5.78 Å². The van der Waals surface area contributed by atoms with Gasteiger partial charge in [-0.2, -0.15) is 0 Å². The van der Waals surface area contributed by atoms with Crippen LogP contribution in [-0.4, -0.2) is 17.3 Å². The summed E-state index contributed by atoms with van der Waals surface area (Å²) in [6.45, 7) is 0. The second kappa shape index (κ2) is 9.68. The predicted octanol–water partition coefficient (Wildman–Crippen LogP) is 5.68. The number of rotatable bonds is 8. The summed E-state index contributed by atoms with van der Waals surface area (Å²) in [6, 6.07) is 23.8. The maximum absolute atomic E-state index is 12.5. The number of hydrogen-bond donors (Lipinski definition) is 1. The molecular weight excluding hydrogens is 378 g/mol. The smallest absolute Gasteiger partial charge is 0.206 e. The Bertz CT molecular complexity index is 1060. The van der Waals surface area contributed by atoms with Gasteiger partial charge in [-0.3, -0.25) is 9.59 Å². The number of ketones is 2. The number of terminal acetylenes is 1. The molecule has 3 aromatic carbocycles. The van der Waals surface area contributed by atoms with Crippen molar-refractivity contribution in [1.29, 1.82) is 5.41 Å². The Morgan fingerprint density at radius 2 is 1.31 bits per heavy atom. The molecule has 3 rings (SSSR count). The summed E-state index contributed by atoms with van der Waals surface area (Å²) in [5.41, 5.74) is 1.83. The molecule has 0 saturated heterocycles. The van der Waals surface area contributed by atoms with Crippen LogP contribution in [0.5, 0.6) is 0 Å². The molecule has 1 N–H and O–H groups in total. The minimum atomic E-state index is -0.291. The molecule has 0 bridgehead atoms. The molecule has 0 aliphatic rings. The molecule has 0 atom stereocenters. The highest BCUT2D eigenvalue weighted by Gasteiger charge is 2.12. The lowest BCUT2D eigenvalue weighted by atomic mass is 10.0. The third-order valence-electron chi connectivity index (χ3n) is 4.30. The Kier molecular flexibility index (Phi) is 6.78. The maximum Gasteiger partial charge on any atom is 0.206 e. The van der Waals surface area contributed by atoms with Gasteiger partial charge < -0.3 is 5.41 Å². The van der Waals surface area contributed by atoms with Crippen LogP contribution < -0.4 is 0 Å². The van der Waals surface area contributed by atoms with Crippen molar-refractivity contribution in [2.45, 2.75) is 22.6 Å². The summed E-state index contributed by atoms with van der Waals surface area (Å²) < 4.78 is 0. The summed E-state index contributed by atoms with van der Waals surface area (Å²) in [5.74, 6) is 2.15. The number of Topliss-reactive ketones (excluding diaryl/α,β-unsaturated/α-hetero) is 1. The fraction of sp³-hybridized carbons (Fsp3) is 0.0800. The Labute approximate surface area is 174 Å². The molecule has 4 heteroatoms. The van der Waals surface area contributed by atoms with Crippen LogP contribution in [0, 0.1) is 17.8 Å². The van der Waals surface area contributed by atoms with Gasteiger partial charge in [-0.05, 0) is 48.5 Å². The molecule has 0 heterocycles. The summed E-state index contributed by atoms with van der Waals surface area (Å²) in [6.07, 6.45) is 5.87. The minimum absolute atomic E-state index is 0.00250. The van der Waals surface area contributed by atoms with Crippen LogP contribution in [0.1, 0.15) is 39.1 Å². The molecule has 29 heavy (non-hydrogen) atoms. The Morgan fingerprint density at radius 3 is 1.86 bits per heavy atom. The maximum atomic E-state index is 12.5. The molecule has 0 radical (unpaired) electrons. The van der Waals surface area contributed by atoms with Crippen molar-refractivity contribution in [3.8, 4) is 12.3 Å². The van der Waals surface area contributed by atoms with E-state index in [2.05, 4.69) is 5.92 Å². The molecule has 0 aromatic heterocycles. The zero-order chi connectivity index (χ0) is 20.6. The topological polar surface area (TPSA) is 58.0 Å². The normalized spacial score (nSPS) is 10.2. The van der Waals surface area contributed by atoms with E-state index in [0.29, 0.717) is 29.5 Å². The van der Waals surface area contributed by atoms with Crippen molar-refractivity contribution in [2.24, 2.45) is 0 Å². The second-order valence-corrected chi connectivity index (χ2v) is 7.50. The lowest BCUT2D eigenvalue weighted by molar-refractivity contribution is 0.103. The fourth-order valence-corrected chi connectivity index (χ4v) is 3.54. The number of carbonyl (C=O) groups is 2. The third-order valence-corrected chi connectivity index (χ3v) is 5.31. The highest BCUT2D eigenvalue weighted by atomic mass is 32.2. The van der Waals surface area contributed by atoms with E-state index in [-0.39, 0.29) is 17.3 Å². The monoisotopic (exact) mass is 397 g/mol. The van der Waals surface area contributed by atoms with Crippen LogP contribution in [0.15, 0.2) is 88.7 Å². The summed E-state index contributed by atoms with van der Waals surface area (Å²) in [5, 5.41) is 7.81. The fourth-order valence-electron chi connectivity index (χ4n) is 2.73. The number of carbonyl (C=O) groups excluding carboxylic acids is 2. The second-order valence-electron chi connectivity index (χ2n) is 6.36. The molecule has 3 aromatic rings. The molecular formula is C25H19NO2S. The zero-order valence-corrected chi connectivity index (χ0v) is 16.5. The van der Waals surface area contributed by atoms with Gasteiger partial charge in [0.05, 0.1) is 5.71 Å². The largest absolute Gasteiger partial charge is 0.301 e. The van der Waals surface area contributed by atoms with E-state index in [9.17, 15) is 9.59 Å². The van der Waals surface area contributed by atoms with E-state index < -0.39 is 0 Å². The Balaban J connectivity index is 1.65. The quantitative estimate of drug-likeness (QED) is 0.302. The van der Waals surface area contributed by atoms with Gasteiger partial charge in [0.1, 0.15) is 0 Å². The molecule has 0 aliphatic heterocycles. The SMILES string of the molecule is C#CCCC(=N)C(=O)c1ccc(Sc2ccc(C(=O)c3ccccc3)cc2)cc1. The number of nitrogens with one attached hydrogen (secondary N) is 1. The average Bonchev–Trinajstić information content (AvgIpc) is 2.78. The molecule has 0 fully saturated rings. The van der Waals surface area contributed by atoms with E-state index in [1.54, 1.807) is 36.0 Å². The van der Waals surface area contributed by atoms with E-state index in [4.69, 9.17) is 11.8 Å². The molecule has 0 aliphatic carbocycles. The van der Waals surface area contributed by atoms with Crippen LogP contribution in [0.3, 0.4) is 0 Å². The molecule has 3 nitrogen and oxygen atoms in total. The van der Waals surface area contributed by atoms with Crippen molar-refractivity contribution in [1.82, 2.24) is 0 Å². The number of hydrogen-bond acceptors (Lipinski definition) is 4. The molecule has 0 spiro atoms. The van der Waals surface area contributed by atoms with Crippen molar-refractivity contribution >= 4 is 29.0 Å². The van der Waals surface area contributed by atoms with Crippen molar-refractivity contribution in [3.63, 3.8) is 0 Å². The van der Waals surface area contributed by atoms with Gasteiger partial charge in [0.25, 0.3) is 0 Å². The molecule has 0 amide bonds.